The van der Waals surface area contributed by atoms with Crippen LogP contribution in [0.15, 0.2) is 49.1 Å². The molecule has 21 heavy (non-hydrogen) atoms. The lowest BCUT2D eigenvalue weighted by atomic mass is 9.85. The minimum atomic E-state index is 0.703. The Kier molecular flexibility index (Phi) is 6.04. The predicted octanol–water partition coefficient (Wildman–Crippen LogP) is 6.64. The van der Waals surface area contributed by atoms with Crippen molar-refractivity contribution in [3.63, 3.8) is 0 Å². The number of aryl methyl sites for hydroxylation is 1. The van der Waals surface area contributed by atoms with Crippen molar-refractivity contribution in [1.82, 2.24) is 0 Å². The third kappa shape index (κ3) is 3.75. The molecule has 0 amide bonds. The lowest BCUT2D eigenvalue weighted by molar-refractivity contribution is 0.557. The first-order chi connectivity index (χ1) is 10.3. The molecule has 0 radical (unpaired) electrons. The fourth-order valence-corrected chi connectivity index (χ4v) is 3.39. The second kappa shape index (κ2) is 8.02. The molecule has 2 rings (SSSR count). The Morgan fingerprint density at radius 1 is 1.05 bits per heavy atom. The fourth-order valence-electron chi connectivity index (χ4n) is 3.39. The van der Waals surface area contributed by atoms with Crippen LogP contribution >= 0.6 is 0 Å². The smallest absolute Gasteiger partial charge is 0.0149 e. The van der Waals surface area contributed by atoms with Crippen LogP contribution in [0, 0.1) is 0 Å². The molecule has 0 saturated carbocycles. The molecule has 0 saturated heterocycles. The number of hydrogen-bond donors (Lipinski definition) is 0. The molecule has 0 heteroatoms. The SMILES string of the molecule is C=CCCCCC(CC)c1ccc2ccccc2c1CC. The van der Waals surface area contributed by atoms with Gasteiger partial charge in [0, 0.05) is 0 Å². The van der Waals surface area contributed by atoms with E-state index in [-0.39, 0.29) is 0 Å². The van der Waals surface area contributed by atoms with Crippen LogP contribution in [-0.2, 0) is 6.42 Å². The van der Waals surface area contributed by atoms with Crippen LogP contribution in [0.4, 0.5) is 0 Å². The van der Waals surface area contributed by atoms with Gasteiger partial charge in [-0.25, -0.2) is 0 Å². The second-order valence-corrected chi connectivity index (χ2v) is 5.89. The van der Waals surface area contributed by atoms with Crippen LogP contribution in [0.5, 0.6) is 0 Å². The van der Waals surface area contributed by atoms with E-state index in [1.165, 1.54) is 36.5 Å². The number of hydrogen-bond acceptors (Lipinski definition) is 0. The molecular weight excluding hydrogens is 252 g/mol. The first-order valence-electron chi connectivity index (χ1n) is 8.43. The monoisotopic (exact) mass is 280 g/mol. The van der Waals surface area contributed by atoms with Gasteiger partial charge in [0.15, 0.2) is 0 Å². The van der Waals surface area contributed by atoms with Crippen molar-refractivity contribution >= 4 is 10.8 Å². The normalized spacial score (nSPS) is 12.5. The Hall–Kier alpha value is -1.56. The zero-order valence-corrected chi connectivity index (χ0v) is 13.6. The highest BCUT2D eigenvalue weighted by molar-refractivity contribution is 5.87. The maximum atomic E-state index is 3.82. The van der Waals surface area contributed by atoms with Gasteiger partial charge >= 0.3 is 0 Å². The summed E-state index contributed by atoms with van der Waals surface area (Å²) in [5.41, 5.74) is 3.14. The fraction of sp³-hybridized carbons (Fsp3) is 0.429. The largest absolute Gasteiger partial charge is 0.103 e. The van der Waals surface area contributed by atoms with Gasteiger partial charge in [0.2, 0.25) is 0 Å². The van der Waals surface area contributed by atoms with Gasteiger partial charge in [-0.1, -0.05) is 62.7 Å². The van der Waals surface area contributed by atoms with E-state index in [1.54, 1.807) is 11.1 Å². The molecule has 1 atom stereocenters. The van der Waals surface area contributed by atoms with Gasteiger partial charge in [0.1, 0.15) is 0 Å². The van der Waals surface area contributed by atoms with Crippen molar-refractivity contribution in [3.05, 3.63) is 60.2 Å². The van der Waals surface area contributed by atoms with Gasteiger partial charge in [0.05, 0.1) is 0 Å². The molecule has 0 heterocycles. The molecule has 112 valence electrons. The molecule has 0 nitrogen and oxygen atoms in total. The van der Waals surface area contributed by atoms with Gasteiger partial charge in [-0.2, -0.15) is 0 Å². The van der Waals surface area contributed by atoms with Crippen LogP contribution in [-0.4, -0.2) is 0 Å². The lowest BCUT2D eigenvalue weighted by Crippen LogP contribution is -2.03. The Balaban J connectivity index is 2.27. The molecule has 0 aliphatic carbocycles. The van der Waals surface area contributed by atoms with Crippen LogP contribution in [0.1, 0.15) is 63.0 Å². The molecule has 0 bridgehead atoms. The third-order valence-corrected chi connectivity index (χ3v) is 4.57. The zero-order chi connectivity index (χ0) is 15.1. The lowest BCUT2D eigenvalue weighted by Gasteiger charge is -2.20. The summed E-state index contributed by atoms with van der Waals surface area (Å²) in [6.07, 6.45) is 9.42. The average molecular weight is 280 g/mol. The summed E-state index contributed by atoms with van der Waals surface area (Å²) in [5.74, 6) is 0.703. The summed E-state index contributed by atoms with van der Waals surface area (Å²) >= 11 is 0. The standard InChI is InChI=1S/C21H28/c1-4-7-8-9-12-17(5-2)21-16-15-18-13-10-11-14-20(18)19(21)6-3/h4,10-11,13-17H,1,5-9,12H2,2-3H3. The predicted molar refractivity (Wildman–Crippen MR) is 95.0 cm³/mol. The first-order valence-corrected chi connectivity index (χ1v) is 8.43. The molecule has 2 aromatic carbocycles. The number of allylic oxidation sites excluding steroid dienone is 1. The first kappa shape index (κ1) is 15.8. The summed E-state index contributed by atoms with van der Waals surface area (Å²) in [5, 5.41) is 2.82. The minimum Gasteiger partial charge on any atom is -0.103 e. The highest BCUT2D eigenvalue weighted by atomic mass is 14.2. The van der Waals surface area contributed by atoms with Crippen molar-refractivity contribution in [2.24, 2.45) is 0 Å². The Bertz CT molecular complexity index is 580. The molecule has 0 aliphatic rings. The van der Waals surface area contributed by atoms with Gasteiger partial charge in [-0.3, -0.25) is 0 Å². The maximum absolute atomic E-state index is 3.82. The average Bonchev–Trinajstić information content (AvgIpc) is 2.54. The molecule has 0 aromatic heterocycles. The van der Waals surface area contributed by atoms with Gasteiger partial charge in [-0.15, -0.1) is 6.58 Å². The number of rotatable bonds is 8. The molecule has 0 aliphatic heterocycles. The topological polar surface area (TPSA) is 0 Å². The highest BCUT2D eigenvalue weighted by Crippen LogP contribution is 2.33. The zero-order valence-electron chi connectivity index (χ0n) is 13.6. The van der Waals surface area contributed by atoms with E-state index in [4.69, 9.17) is 0 Å². The van der Waals surface area contributed by atoms with Crippen molar-refractivity contribution in [2.45, 2.75) is 58.3 Å². The van der Waals surface area contributed by atoms with Crippen molar-refractivity contribution in [1.29, 1.82) is 0 Å². The molecule has 0 fully saturated rings. The van der Waals surface area contributed by atoms with Gasteiger partial charge in [0.25, 0.3) is 0 Å². The van der Waals surface area contributed by atoms with Crippen molar-refractivity contribution in [2.75, 3.05) is 0 Å². The van der Waals surface area contributed by atoms with E-state index in [1.807, 2.05) is 6.08 Å². The van der Waals surface area contributed by atoms with Crippen LogP contribution < -0.4 is 0 Å². The number of benzene rings is 2. The molecule has 0 N–H and O–H groups in total. The quantitative estimate of drug-likeness (QED) is 0.375. The van der Waals surface area contributed by atoms with Gasteiger partial charge in [-0.05, 0) is 59.9 Å². The molecule has 1 unspecified atom stereocenters. The van der Waals surface area contributed by atoms with Crippen molar-refractivity contribution < 1.29 is 0 Å². The minimum absolute atomic E-state index is 0.703. The van der Waals surface area contributed by atoms with E-state index < -0.39 is 0 Å². The van der Waals surface area contributed by atoms with Crippen LogP contribution in [0.2, 0.25) is 0 Å². The van der Waals surface area contributed by atoms with E-state index >= 15 is 0 Å². The van der Waals surface area contributed by atoms with Crippen LogP contribution in [0.25, 0.3) is 10.8 Å². The summed E-state index contributed by atoms with van der Waals surface area (Å²) < 4.78 is 0. The second-order valence-electron chi connectivity index (χ2n) is 5.89. The summed E-state index contributed by atoms with van der Waals surface area (Å²) in [6.45, 7) is 8.43. The van der Waals surface area contributed by atoms with Gasteiger partial charge < -0.3 is 0 Å². The third-order valence-electron chi connectivity index (χ3n) is 4.57. The number of fused-ring (bicyclic) bond motifs is 1. The van der Waals surface area contributed by atoms with E-state index in [0.717, 1.165) is 12.8 Å². The summed E-state index contributed by atoms with van der Waals surface area (Å²) in [7, 11) is 0. The maximum Gasteiger partial charge on any atom is -0.0149 e. The molecule has 2 aromatic rings. The van der Waals surface area contributed by atoms with Crippen LogP contribution in [0.3, 0.4) is 0 Å². The van der Waals surface area contributed by atoms with Crippen molar-refractivity contribution in [3.8, 4) is 0 Å². The highest BCUT2D eigenvalue weighted by Gasteiger charge is 2.14. The number of unbranched alkanes of at least 4 members (excludes halogenated alkanes) is 2. The van der Waals surface area contributed by atoms with E-state index in [0.29, 0.717) is 5.92 Å². The Labute approximate surface area is 129 Å². The Morgan fingerprint density at radius 2 is 1.86 bits per heavy atom. The van der Waals surface area contributed by atoms with E-state index in [9.17, 15) is 0 Å². The molecular formula is C21H28. The molecule has 0 spiro atoms. The van der Waals surface area contributed by atoms with E-state index in [2.05, 4.69) is 56.8 Å². The summed E-state index contributed by atoms with van der Waals surface area (Å²) in [6, 6.07) is 13.5. The Morgan fingerprint density at radius 3 is 2.57 bits per heavy atom. The summed E-state index contributed by atoms with van der Waals surface area (Å²) in [4.78, 5) is 0.